The predicted octanol–water partition coefficient (Wildman–Crippen LogP) is 0.0140. The van der Waals surface area contributed by atoms with Crippen molar-refractivity contribution in [2.24, 2.45) is 5.92 Å². The first kappa shape index (κ1) is 10.9. The van der Waals surface area contributed by atoms with Crippen molar-refractivity contribution in [1.82, 2.24) is 10.6 Å². The van der Waals surface area contributed by atoms with E-state index in [0.717, 1.165) is 12.8 Å². The second kappa shape index (κ2) is 4.49. The Bertz CT molecular complexity index is 245. The number of nitrogens with one attached hydrogen (secondary N) is 2. The molecule has 4 nitrogen and oxygen atoms in total. The Morgan fingerprint density at radius 1 is 1.60 bits per heavy atom. The summed E-state index contributed by atoms with van der Waals surface area (Å²) >= 11 is 0. The number of rotatable bonds is 4. The smallest absolute Gasteiger partial charge is 0.224 e. The van der Waals surface area contributed by atoms with Gasteiger partial charge in [0.2, 0.25) is 5.91 Å². The Balaban J connectivity index is 1.81. The van der Waals surface area contributed by atoms with Crippen LogP contribution in [0.2, 0.25) is 0 Å². The van der Waals surface area contributed by atoms with Crippen molar-refractivity contribution in [3.05, 3.63) is 0 Å². The molecule has 0 saturated carbocycles. The average molecular weight is 212 g/mol. The molecule has 0 aliphatic carbocycles. The van der Waals surface area contributed by atoms with Crippen LogP contribution in [0.5, 0.6) is 0 Å². The zero-order valence-corrected chi connectivity index (χ0v) is 9.20. The standard InChI is InChI=1S/C11H20N2O2/c1-7(4-5-14)12-11(15)9-6-8-2-3-10(9)13-8/h7-10,13-14H,2-6H2,1H3,(H,12,15). The average Bonchev–Trinajstić information content (AvgIpc) is 2.78. The molecule has 0 radical (unpaired) electrons. The number of aliphatic hydroxyl groups is 1. The molecular weight excluding hydrogens is 192 g/mol. The fraction of sp³-hybridized carbons (Fsp3) is 0.909. The van der Waals surface area contributed by atoms with Crippen molar-refractivity contribution < 1.29 is 9.90 Å². The zero-order valence-electron chi connectivity index (χ0n) is 9.20. The van der Waals surface area contributed by atoms with Crippen LogP contribution in [0.3, 0.4) is 0 Å². The molecule has 0 aromatic carbocycles. The van der Waals surface area contributed by atoms with Gasteiger partial charge in [-0.15, -0.1) is 0 Å². The van der Waals surface area contributed by atoms with Gasteiger partial charge in [0.25, 0.3) is 0 Å². The highest BCUT2D eigenvalue weighted by Crippen LogP contribution is 2.33. The van der Waals surface area contributed by atoms with E-state index in [4.69, 9.17) is 5.11 Å². The largest absolute Gasteiger partial charge is 0.396 e. The van der Waals surface area contributed by atoms with Crippen LogP contribution in [-0.2, 0) is 4.79 Å². The summed E-state index contributed by atoms with van der Waals surface area (Å²) in [6.07, 6.45) is 3.99. The van der Waals surface area contributed by atoms with Crippen molar-refractivity contribution >= 4 is 5.91 Å². The van der Waals surface area contributed by atoms with Crippen LogP contribution >= 0.6 is 0 Å². The minimum Gasteiger partial charge on any atom is -0.396 e. The number of hydrogen-bond donors (Lipinski definition) is 3. The number of amides is 1. The summed E-state index contributed by atoms with van der Waals surface area (Å²) < 4.78 is 0. The van der Waals surface area contributed by atoms with E-state index in [0.29, 0.717) is 18.5 Å². The van der Waals surface area contributed by atoms with Gasteiger partial charge in [-0.3, -0.25) is 4.79 Å². The van der Waals surface area contributed by atoms with Gasteiger partial charge in [0.05, 0.1) is 5.92 Å². The van der Waals surface area contributed by atoms with Crippen molar-refractivity contribution in [1.29, 1.82) is 0 Å². The second-order valence-electron chi connectivity index (χ2n) is 4.81. The Morgan fingerprint density at radius 2 is 2.40 bits per heavy atom. The van der Waals surface area contributed by atoms with Gasteiger partial charge < -0.3 is 15.7 Å². The fourth-order valence-electron chi connectivity index (χ4n) is 2.73. The van der Waals surface area contributed by atoms with E-state index in [1.807, 2.05) is 6.92 Å². The van der Waals surface area contributed by atoms with Gasteiger partial charge in [0, 0.05) is 24.7 Å². The summed E-state index contributed by atoms with van der Waals surface area (Å²) in [5, 5.41) is 15.2. The Labute approximate surface area is 90.4 Å². The van der Waals surface area contributed by atoms with Crippen molar-refractivity contribution in [3.8, 4) is 0 Å². The molecule has 4 atom stereocenters. The van der Waals surface area contributed by atoms with E-state index >= 15 is 0 Å². The highest BCUT2D eigenvalue weighted by atomic mass is 16.3. The minimum atomic E-state index is 0.0848. The van der Waals surface area contributed by atoms with Crippen LogP contribution in [0.4, 0.5) is 0 Å². The maximum atomic E-state index is 11.9. The zero-order chi connectivity index (χ0) is 10.8. The first-order valence-corrected chi connectivity index (χ1v) is 5.88. The minimum absolute atomic E-state index is 0.0848. The van der Waals surface area contributed by atoms with Gasteiger partial charge >= 0.3 is 0 Å². The summed E-state index contributed by atoms with van der Waals surface area (Å²) in [5.41, 5.74) is 0. The molecule has 1 amide bonds. The van der Waals surface area contributed by atoms with Gasteiger partial charge in [-0.05, 0) is 32.6 Å². The monoisotopic (exact) mass is 212 g/mol. The van der Waals surface area contributed by atoms with Gasteiger partial charge in [-0.1, -0.05) is 0 Å². The molecule has 3 N–H and O–H groups in total. The van der Waals surface area contributed by atoms with Gasteiger partial charge in [-0.2, -0.15) is 0 Å². The SMILES string of the molecule is CC(CCO)NC(=O)C1CC2CCC1N2. The van der Waals surface area contributed by atoms with Crippen LogP contribution in [-0.4, -0.2) is 35.7 Å². The van der Waals surface area contributed by atoms with Crippen molar-refractivity contribution in [3.63, 3.8) is 0 Å². The molecule has 0 aromatic rings. The third-order valence-electron chi connectivity index (χ3n) is 3.59. The second-order valence-corrected chi connectivity index (χ2v) is 4.81. The molecule has 0 spiro atoms. The quantitative estimate of drug-likeness (QED) is 0.615. The first-order chi connectivity index (χ1) is 7.20. The number of hydrogen-bond acceptors (Lipinski definition) is 3. The third kappa shape index (κ3) is 2.32. The molecular formula is C11H20N2O2. The van der Waals surface area contributed by atoms with Crippen LogP contribution in [0, 0.1) is 5.92 Å². The highest BCUT2D eigenvalue weighted by Gasteiger charge is 2.42. The molecule has 4 heteroatoms. The normalized spacial score (nSPS) is 35.5. The lowest BCUT2D eigenvalue weighted by Crippen LogP contribution is -2.41. The molecule has 2 fully saturated rings. The van der Waals surface area contributed by atoms with Gasteiger partial charge in [0.1, 0.15) is 0 Å². The number of carbonyl (C=O) groups excluding carboxylic acids is 1. The van der Waals surface area contributed by atoms with E-state index < -0.39 is 0 Å². The topological polar surface area (TPSA) is 61.4 Å². The molecule has 2 heterocycles. The Kier molecular flexibility index (Phi) is 3.26. The first-order valence-electron chi connectivity index (χ1n) is 5.88. The molecule has 0 aromatic heterocycles. The fourth-order valence-corrected chi connectivity index (χ4v) is 2.73. The van der Waals surface area contributed by atoms with Crippen LogP contribution in [0.25, 0.3) is 0 Å². The molecule has 2 saturated heterocycles. The predicted molar refractivity (Wildman–Crippen MR) is 57.4 cm³/mol. The molecule has 2 aliphatic heterocycles. The van der Waals surface area contributed by atoms with Crippen LogP contribution < -0.4 is 10.6 Å². The molecule has 4 unspecified atom stereocenters. The molecule has 15 heavy (non-hydrogen) atoms. The number of carbonyl (C=O) groups is 1. The molecule has 86 valence electrons. The van der Waals surface area contributed by atoms with E-state index in [9.17, 15) is 4.79 Å². The van der Waals surface area contributed by atoms with E-state index in [1.54, 1.807) is 0 Å². The lowest BCUT2D eigenvalue weighted by molar-refractivity contribution is -0.126. The number of aliphatic hydroxyl groups excluding tert-OH is 1. The lowest BCUT2D eigenvalue weighted by atomic mass is 9.88. The molecule has 2 bridgehead atoms. The van der Waals surface area contributed by atoms with Crippen LogP contribution in [0.15, 0.2) is 0 Å². The summed E-state index contributed by atoms with van der Waals surface area (Å²) in [6, 6.07) is 1.05. The van der Waals surface area contributed by atoms with Crippen molar-refractivity contribution in [2.45, 2.75) is 50.7 Å². The summed E-state index contributed by atoms with van der Waals surface area (Å²) in [6.45, 7) is 2.07. The highest BCUT2D eigenvalue weighted by molar-refractivity contribution is 5.80. The van der Waals surface area contributed by atoms with E-state index in [1.165, 1.54) is 6.42 Å². The van der Waals surface area contributed by atoms with Gasteiger partial charge in [0.15, 0.2) is 0 Å². The summed E-state index contributed by atoms with van der Waals surface area (Å²) in [7, 11) is 0. The number of fused-ring (bicyclic) bond motifs is 2. The summed E-state index contributed by atoms with van der Waals surface area (Å²) in [4.78, 5) is 11.9. The maximum absolute atomic E-state index is 11.9. The Hall–Kier alpha value is -0.610. The van der Waals surface area contributed by atoms with Crippen molar-refractivity contribution in [2.75, 3.05) is 6.61 Å². The van der Waals surface area contributed by atoms with E-state index in [2.05, 4.69) is 10.6 Å². The summed E-state index contributed by atoms with van der Waals surface area (Å²) in [5.74, 6) is 0.320. The lowest BCUT2D eigenvalue weighted by Gasteiger charge is -2.21. The maximum Gasteiger partial charge on any atom is 0.224 e. The molecule has 2 aliphatic rings. The molecule has 2 rings (SSSR count). The van der Waals surface area contributed by atoms with E-state index in [-0.39, 0.29) is 24.5 Å². The third-order valence-corrected chi connectivity index (χ3v) is 3.59. The van der Waals surface area contributed by atoms with Crippen LogP contribution in [0.1, 0.15) is 32.6 Å². The Morgan fingerprint density at radius 3 is 2.93 bits per heavy atom. The van der Waals surface area contributed by atoms with Gasteiger partial charge in [-0.25, -0.2) is 0 Å².